The minimum Gasteiger partial charge on any atom is -0.393 e. The van der Waals surface area contributed by atoms with E-state index in [1.165, 1.54) is 11.8 Å². The lowest BCUT2D eigenvalue weighted by Gasteiger charge is -2.07. The van der Waals surface area contributed by atoms with Crippen molar-refractivity contribution in [1.29, 1.82) is 0 Å². The Morgan fingerprint density at radius 1 is 1.28 bits per heavy atom. The molecule has 0 saturated heterocycles. The molecule has 0 fully saturated rings. The minimum atomic E-state index is 0.256. The number of hydrogen-bond acceptors (Lipinski definition) is 7. The van der Waals surface area contributed by atoms with E-state index in [2.05, 4.69) is 35.5 Å². The van der Waals surface area contributed by atoms with Crippen LogP contribution in [0.5, 0.6) is 0 Å². The van der Waals surface area contributed by atoms with Crippen molar-refractivity contribution in [2.75, 3.05) is 22.6 Å². The highest BCUT2D eigenvalue weighted by atomic mass is 32.2. The first-order valence-corrected chi connectivity index (χ1v) is 6.35. The number of thioether (sulfide) groups is 1. The molecule has 1 rings (SSSR count). The molecule has 0 aliphatic rings. The largest absolute Gasteiger partial charge is 0.393 e. The Bertz CT molecular complexity index is 387. The van der Waals surface area contributed by atoms with Gasteiger partial charge in [-0.15, -0.1) is 0 Å². The molecule has 18 heavy (non-hydrogen) atoms. The van der Waals surface area contributed by atoms with E-state index in [9.17, 15) is 0 Å². The van der Waals surface area contributed by atoms with Gasteiger partial charge in [-0.1, -0.05) is 44.0 Å². The van der Waals surface area contributed by atoms with E-state index < -0.39 is 0 Å². The lowest BCUT2D eigenvalue weighted by molar-refractivity contribution is 0.969. The van der Waals surface area contributed by atoms with Crippen molar-refractivity contribution in [2.45, 2.75) is 18.5 Å². The van der Waals surface area contributed by atoms with Crippen LogP contribution in [0.15, 0.2) is 30.5 Å². The van der Waals surface area contributed by atoms with Gasteiger partial charge >= 0.3 is 0 Å². The van der Waals surface area contributed by atoms with Gasteiger partial charge < -0.3 is 16.9 Å². The molecule has 0 aliphatic heterocycles. The molecule has 6 nitrogen and oxygen atoms in total. The van der Waals surface area contributed by atoms with Crippen molar-refractivity contribution in [3.8, 4) is 0 Å². The smallest absolute Gasteiger partial charge is 0.191 e. The highest BCUT2D eigenvalue weighted by Crippen LogP contribution is 2.24. The fraction of sp³-hybridized carbons (Fsp3) is 0.273. The Morgan fingerprint density at radius 3 is 2.33 bits per heavy atom. The van der Waals surface area contributed by atoms with Crippen molar-refractivity contribution in [1.82, 2.24) is 9.97 Å². The average Bonchev–Trinajstić information content (AvgIpc) is 2.40. The van der Waals surface area contributed by atoms with Gasteiger partial charge in [0.15, 0.2) is 16.8 Å². The second-order valence-electron chi connectivity index (χ2n) is 3.12. The van der Waals surface area contributed by atoms with Gasteiger partial charge in [-0.3, -0.25) is 0 Å². The highest BCUT2D eigenvalue weighted by molar-refractivity contribution is 7.99. The van der Waals surface area contributed by atoms with Crippen LogP contribution in [0.2, 0.25) is 0 Å². The summed E-state index contributed by atoms with van der Waals surface area (Å²) in [6.45, 7) is 8.80. The lowest BCUT2D eigenvalue weighted by atomic mass is 10.4. The normalized spacial score (nSPS) is 9.00. The van der Waals surface area contributed by atoms with Gasteiger partial charge in [0.1, 0.15) is 5.69 Å². The van der Waals surface area contributed by atoms with Crippen molar-refractivity contribution >= 4 is 29.1 Å². The maximum absolute atomic E-state index is 5.59. The predicted molar refractivity (Wildman–Crippen MR) is 80.1 cm³/mol. The monoisotopic (exact) mass is 268 g/mol. The molecular weight excluding hydrogens is 248 g/mol. The second kappa shape index (κ2) is 9.32. The van der Waals surface area contributed by atoms with E-state index in [1.807, 2.05) is 0 Å². The summed E-state index contributed by atoms with van der Waals surface area (Å²) in [5, 5.41) is 0.589. The van der Waals surface area contributed by atoms with Gasteiger partial charge in [0, 0.05) is 5.75 Å². The van der Waals surface area contributed by atoms with Crippen LogP contribution in [0.4, 0.5) is 17.3 Å². The molecule has 0 amide bonds. The lowest BCUT2D eigenvalue weighted by Crippen LogP contribution is -2.13. The molecule has 0 radical (unpaired) electrons. The van der Waals surface area contributed by atoms with E-state index >= 15 is 0 Å². The maximum atomic E-state index is 5.59. The van der Waals surface area contributed by atoms with E-state index in [1.54, 1.807) is 12.2 Å². The zero-order valence-electron chi connectivity index (χ0n) is 10.5. The Labute approximate surface area is 112 Å². The van der Waals surface area contributed by atoms with Crippen molar-refractivity contribution < 1.29 is 0 Å². The van der Waals surface area contributed by atoms with E-state index in [0.29, 0.717) is 11.0 Å². The van der Waals surface area contributed by atoms with Crippen LogP contribution >= 0.6 is 11.8 Å². The van der Waals surface area contributed by atoms with Gasteiger partial charge in [-0.05, 0) is 6.42 Å². The summed E-state index contributed by atoms with van der Waals surface area (Å²) in [6.07, 6.45) is 4.32. The zero-order valence-corrected chi connectivity index (χ0v) is 11.3. The Balaban J connectivity index is 0.000000631. The number of aromatic nitrogens is 2. The summed E-state index contributed by atoms with van der Waals surface area (Å²) in [6, 6.07) is 0. The predicted octanol–water partition coefficient (Wildman–Crippen LogP) is 1.79. The molecule has 0 atom stereocenters. The SMILES string of the molecule is C=CC=C.CCCSc1nc(N)c(N)c(NN)n1. The Morgan fingerprint density at radius 2 is 1.89 bits per heavy atom. The van der Waals surface area contributed by atoms with Gasteiger partial charge in [-0.25, -0.2) is 15.8 Å². The number of nitrogens with zero attached hydrogens (tertiary/aromatic N) is 2. The number of anilines is 3. The summed E-state index contributed by atoms with van der Waals surface area (Å²) >= 11 is 1.52. The van der Waals surface area contributed by atoms with Crippen LogP contribution in [-0.4, -0.2) is 15.7 Å². The van der Waals surface area contributed by atoms with Crippen molar-refractivity contribution in [2.24, 2.45) is 5.84 Å². The van der Waals surface area contributed by atoms with E-state index in [-0.39, 0.29) is 11.5 Å². The molecule has 0 aliphatic carbocycles. The second-order valence-corrected chi connectivity index (χ2v) is 4.18. The standard InChI is InChI=1S/C7H14N6S.C4H6/c1-2-3-14-7-11-5(9)4(8)6(12-7)13-10;1-3-4-2/h2-3,8,10H2,1H3,(H3,9,11,12,13);3-4H,1-2H2. The van der Waals surface area contributed by atoms with Crippen LogP contribution in [0.25, 0.3) is 0 Å². The van der Waals surface area contributed by atoms with E-state index in [4.69, 9.17) is 17.3 Å². The van der Waals surface area contributed by atoms with Crippen LogP contribution in [0, 0.1) is 0 Å². The molecule has 0 aromatic carbocycles. The summed E-state index contributed by atoms with van der Waals surface area (Å²) in [7, 11) is 0. The Kier molecular flexibility index (Phi) is 8.42. The van der Waals surface area contributed by atoms with Gasteiger partial charge in [-0.2, -0.15) is 0 Å². The summed E-state index contributed by atoms with van der Waals surface area (Å²) in [5.41, 5.74) is 13.8. The van der Waals surface area contributed by atoms with Crippen LogP contribution < -0.4 is 22.7 Å². The number of hydrazine groups is 1. The number of allylic oxidation sites excluding steroid dienone is 2. The molecule has 1 aromatic rings. The maximum Gasteiger partial charge on any atom is 0.191 e. The Hall–Kier alpha value is -1.73. The van der Waals surface area contributed by atoms with Crippen molar-refractivity contribution in [3.63, 3.8) is 0 Å². The quantitative estimate of drug-likeness (QED) is 0.211. The molecule has 0 unspecified atom stereocenters. The third-order valence-corrected chi connectivity index (χ3v) is 2.75. The minimum absolute atomic E-state index is 0.256. The molecule has 7 N–H and O–H groups in total. The molecule has 1 aromatic heterocycles. The summed E-state index contributed by atoms with van der Waals surface area (Å²) in [4.78, 5) is 8.13. The van der Waals surface area contributed by atoms with Crippen LogP contribution in [0.1, 0.15) is 13.3 Å². The van der Waals surface area contributed by atoms with Crippen LogP contribution in [0.3, 0.4) is 0 Å². The number of rotatable bonds is 5. The molecule has 7 heteroatoms. The molecule has 0 bridgehead atoms. The first kappa shape index (κ1) is 16.3. The third kappa shape index (κ3) is 5.55. The number of hydrogen-bond donors (Lipinski definition) is 4. The molecular formula is C11H20N6S. The zero-order chi connectivity index (χ0) is 14.0. The van der Waals surface area contributed by atoms with Gasteiger partial charge in [0.2, 0.25) is 0 Å². The van der Waals surface area contributed by atoms with Crippen LogP contribution in [-0.2, 0) is 0 Å². The number of nitrogen functional groups attached to an aromatic ring is 3. The highest BCUT2D eigenvalue weighted by Gasteiger charge is 2.08. The first-order chi connectivity index (χ1) is 8.60. The topological polar surface area (TPSA) is 116 Å². The molecule has 0 saturated carbocycles. The molecule has 0 spiro atoms. The molecule has 100 valence electrons. The van der Waals surface area contributed by atoms with E-state index in [0.717, 1.165) is 12.2 Å². The van der Waals surface area contributed by atoms with Crippen molar-refractivity contribution in [3.05, 3.63) is 25.3 Å². The first-order valence-electron chi connectivity index (χ1n) is 5.36. The third-order valence-electron chi connectivity index (χ3n) is 1.69. The fourth-order valence-electron chi connectivity index (χ4n) is 0.833. The average molecular weight is 268 g/mol. The van der Waals surface area contributed by atoms with Gasteiger partial charge in [0.25, 0.3) is 0 Å². The summed E-state index contributed by atoms with van der Waals surface area (Å²) in [5.74, 6) is 6.80. The van der Waals surface area contributed by atoms with Gasteiger partial charge in [0.05, 0.1) is 0 Å². The summed E-state index contributed by atoms with van der Waals surface area (Å²) < 4.78 is 0. The number of nitrogens with one attached hydrogen (secondary N) is 1. The fourth-order valence-corrected chi connectivity index (χ4v) is 1.54. The number of nitrogens with two attached hydrogens (primary N) is 3. The molecule has 1 heterocycles.